The van der Waals surface area contributed by atoms with Gasteiger partial charge >= 0.3 is 0 Å². The fourth-order valence-corrected chi connectivity index (χ4v) is 4.03. The lowest BCUT2D eigenvalue weighted by Crippen LogP contribution is -2.46. The molecular weight excluding hydrogens is 370 g/mol. The van der Waals surface area contributed by atoms with Crippen LogP contribution in [0.1, 0.15) is 36.0 Å². The molecular formula is C15H18FIN2O. The second kappa shape index (κ2) is 5.97. The van der Waals surface area contributed by atoms with Gasteiger partial charge in [0, 0.05) is 22.2 Å². The molecule has 2 heterocycles. The standard InChI is InChI=1S/C15H18FIN2O/c16-10-5-6-11(12(17)9-10)15(20)19-8-2-4-14(19)13-3-1-7-18-13/h5-6,9,13-14,18H,1-4,7-8H2. The number of amides is 1. The quantitative estimate of drug-likeness (QED) is 0.791. The van der Waals surface area contributed by atoms with E-state index in [1.54, 1.807) is 6.07 Å². The Balaban J connectivity index is 1.81. The van der Waals surface area contributed by atoms with Gasteiger partial charge in [-0.05, 0) is 73.0 Å². The molecule has 0 saturated carbocycles. The zero-order valence-corrected chi connectivity index (χ0v) is 13.4. The third-order valence-corrected chi connectivity index (χ3v) is 5.18. The van der Waals surface area contributed by atoms with Gasteiger partial charge in [0.25, 0.3) is 5.91 Å². The highest BCUT2D eigenvalue weighted by atomic mass is 127. The van der Waals surface area contributed by atoms with Gasteiger partial charge in [0.05, 0.1) is 5.56 Å². The smallest absolute Gasteiger partial charge is 0.255 e. The summed E-state index contributed by atoms with van der Waals surface area (Å²) in [6.07, 6.45) is 4.47. The summed E-state index contributed by atoms with van der Waals surface area (Å²) in [5.41, 5.74) is 0.622. The van der Waals surface area contributed by atoms with E-state index in [9.17, 15) is 9.18 Å². The molecule has 2 aliphatic heterocycles. The van der Waals surface area contributed by atoms with Crippen LogP contribution in [-0.2, 0) is 0 Å². The van der Waals surface area contributed by atoms with Gasteiger partial charge < -0.3 is 10.2 Å². The maximum Gasteiger partial charge on any atom is 0.255 e. The predicted molar refractivity (Wildman–Crippen MR) is 84.2 cm³/mol. The van der Waals surface area contributed by atoms with Crippen LogP contribution in [0.5, 0.6) is 0 Å². The summed E-state index contributed by atoms with van der Waals surface area (Å²) in [4.78, 5) is 14.7. The lowest BCUT2D eigenvalue weighted by molar-refractivity contribution is 0.0710. The number of carbonyl (C=O) groups excluding carboxylic acids is 1. The Bertz CT molecular complexity index is 517. The van der Waals surface area contributed by atoms with Crippen molar-refractivity contribution < 1.29 is 9.18 Å². The van der Waals surface area contributed by atoms with Crippen molar-refractivity contribution in [3.63, 3.8) is 0 Å². The Morgan fingerprint density at radius 1 is 1.35 bits per heavy atom. The van der Waals surface area contributed by atoms with E-state index in [1.165, 1.54) is 18.6 Å². The molecule has 0 aliphatic carbocycles. The van der Waals surface area contributed by atoms with Crippen molar-refractivity contribution in [2.24, 2.45) is 0 Å². The van der Waals surface area contributed by atoms with E-state index in [2.05, 4.69) is 5.32 Å². The lowest BCUT2D eigenvalue weighted by Gasteiger charge is -2.30. The number of nitrogens with one attached hydrogen (secondary N) is 1. The molecule has 20 heavy (non-hydrogen) atoms. The fraction of sp³-hybridized carbons (Fsp3) is 0.533. The van der Waals surface area contributed by atoms with Gasteiger partial charge in [0.2, 0.25) is 0 Å². The average molecular weight is 388 g/mol. The highest BCUT2D eigenvalue weighted by Gasteiger charge is 2.36. The summed E-state index contributed by atoms with van der Waals surface area (Å²) in [5.74, 6) is -0.244. The van der Waals surface area contributed by atoms with Crippen LogP contribution < -0.4 is 5.32 Å². The van der Waals surface area contributed by atoms with E-state index in [-0.39, 0.29) is 11.7 Å². The van der Waals surface area contributed by atoms with Crippen molar-refractivity contribution >= 4 is 28.5 Å². The van der Waals surface area contributed by atoms with E-state index in [4.69, 9.17) is 0 Å². The van der Waals surface area contributed by atoms with Gasteiger partial charge in [-0.1, -0.05) is 0 Å². The molecule has 2 saturated heterocycles. The van der Waals surface area contributed by atoms with Crippen molar-refractivity contribution in [1.82, 2.24) is 10.2 Å². The number of rotatable bonds is 2. The summed E-state index contributed by atoms with van der Waals surface area (Å²) in [7, 11) is 0. The summed E-state index contributed by atoms with van der Waals surface area (Å²) < 4.78 is 13.9. The fourth-order valence-electron chi connectivity index (χ4n) is 3.32. The number of carbonyl (C=O) groups is 1. The highest BCUT2D eigenvalue weighted by Crippen LogP contribution is 2.27. The van der Waals surface area contributed by atoms with Crippen LogP contribution in [-0.4, -0.2) is 36.0 Å². The molecule has 0 aromatic heterocycles. The van der Waals surface area contributed by atoms with Gasteiger partial charge in [0.1, 0.15) is 5.82 Å². The number of hydrogen-bond donors (Lipinski definition) is 1. The Morgan fingerprint density at radius 2 is 2.20 bits per heavy atom. The van der Waals surface area contributed by atoms with Crippen LogP contribution in [0.25, 0.3) is 0 Å². The Morgan fingerprint density at radius 3 is 2.90 bits per heavy atom. The molecule has 108 valence electrons. The number of halogens is 2. The number of benzene rings is 1. The molecule has 2 atom stereocenters. The Hall–Kier alpha value is -0.690. The van der Waals surface area contributed by atoms with Crippen molar-refractivity contribution in [2.45, 2.75) is 37.8 Å². The monoisotopic (exact) mass is 388 g/mol. The molecule has 5 heteroatoms. The van der Waals surface area contributed by atoms with Crippen LogP contribution in [0.3, 0.4) is 0 Å². The van der Waals surface area contributed by atoms with E-state index >= 15 is 0 Å². The molecule has 1 N–H and O–H groups in total. The number of nitrogens with zero attached hydrogens (tertiary/aromatic N) is 1. The topological polar surface area (TPSA) is 32.3 Å². The largest absolute Gasteiger partial charge is 0.334 e. The summed E-state index contributed by atoms with van der Waals surface area (Å²) >= 11 is 2.04. The van der Waals surface area contributed by atoms with Crippen LogP contribution in [0, 0.1) is 9.39 Å². The van der Waals surface area contributed by atoms with Crippen molar-refractivity contribution in [3.8, 4) is 0 Å². The van der Waals surface area contributed by atoms with Crippen molar-refractivity contribution in [1.29, 1.82) is 0 Å². The van der Waals surface area contributed by atoms with Crippen LogP contribution in [0.2, 0.25) is 0 Å². The lowest BCUT2D eigenvalue weighted by atomic mass is 10.0. The van der Waals surface area contributed by atoms with Crippen molar-refractivity contribution in [3.05, 3.63) is 33.1 Å². The molecule has 0 bridgehead atoms. The molecule has 2 aliphatic rings. The average Bonchev–Trinajstić information content (AvgIpc) is 3.09. The minimum absolute atomic E-state index is 0.0469. The third-order valence-electron chi connectivity index (χ3n) is 4.28. The number of hydrogen-bond acceptors (Lipinski definition) is 2. The van der Waals surface area contributed by atoms with Gasteiger partial charge in [-0.25, -0.2) is 4.39 Å². The minimum Gasteiger partial charge on any atom is -0.334 e. The molecule has 1 aromatic carbocycles. The minimum atomic E-state index is -0.290. The van der Waals surface area contributed by atoms with Gasteiger partial charge in [-0.15, -0.1) is 0 Å². The normalized spacial score (nSPS) is 26.2. The van der Waals surface area contributed by atoms with E-state index in [1.807, 2.05) is 27.5 Å². The first-order valence-corrected chi connectivity index (χ1v) is 8.24. The molecule has 0 radical (unpaired) electrons. The second-order valence-electron chi connectivity index (χ2n) is 5.54. The van der Waals surface area contributed by atoms with Crippen LogP contribution in [0.4, 0.5) is 4.39 Å². The first-order chi connectivity index (χ1) is 9.66. The molecule has 1 aromatic rings. The zero-order chi connectivity index (χ0) is 14.1. The van der Waals surface area contributed by atoms with Crippen LogP contribution >= 0.6 is 22.6 Å². The Kier molecular flexibility index (Phi) is 4.26. The molecule has 0 spiro atoms. The second-order valence-corrected chi connectivity index (χ2v) is 6.70. The molecule has 2 fully saturated rings. The third kappa shape index (κ3) is 2.70. The maximum atomic E-state index is 13.2. The SMILES string of the molecule is O=C(c1ccc(F)cc1I)N1CCCC1C1CCCN1. The highest BCUT2D eigenvalue weighted by molar-refractivity contribution is 14.1. The molecule has 1 amide bonds. The Labute approximate surface area is 132 Å². The summed E-state index contributed by atoms with van der Waals surface area (Å²) in [6, 6.07) is 5.13. The molecule has 3 nitrogen and oxygen atoms in total. The van der Waals surface area contributed by atoms with Crippen molar-refractivity contribution in [2.75, 3.05) is 13.1 Å². The maximum absolute atomic E-state index is 13.2. The van der Waals surface area contributed by atoms with E-state index in [0.29, 0.717) is 21.2 Å². The zero-order valence-electron chi connectivity index (χ0n) is 11.2. The summed E-state index contributed by atoms with van der Waals surface area (Å²) in [6.45, 7) is 1.87. The predicted octanol–water partition coefficient (Wildman–Crippen LogP) is 2.79. The first-order valence-electron chi connectivity index (χ1n) is 7.16. The first kappa shape index (κ1) is 14.3. The van der Waals surface area contributed by atoms with E-state index in [0.717, 1.165) is 32.4 Å². The molecule has 2 unspecified atom stereocenters. The van der Waals surface area contributed by atoms with Gasteiger partial charge in [-0.3, -0.25) is 4.79 Å². The van der Waals surface area contributed by atoms with Gasteiger partial charge in [-0.2, -0.15) is 0 Å². The summed E-state index contributed by atoms with van der Waals surface area (Å²) in [5, 5.41) is 3.50. The number of likely N-dealkylation sites (tertiary alicyclic amines) is 1. The van der Waals surface area contributed by atoms with E-state index < -0.39 is 0 Å². The van der Waals surface area contributed by atoms with Gasteiger partial charge in [0.15, 0.2) is 0 Å². The molecule has 3 rings (SSSR count). The van der Waals surface area contributed by atoms with Crippen LogP contribution in [0.15, 0.2) is 18.2 Å².